The molecule has 0 bridgehead atoms. The first kappa shape index (κ1) is 22.5. The number of carboxylic acids is 1. The summed E-state index contributed by atoms with van der Waals surface area (Å²) in [6.45, 7) is 1.04. The Kier molecular flexibility index (Phi) is 7.00. The summed E-state index contributed by atoms with van der Waals surface area (Å²) in [6.07, 6.45) is 0.390. The molecule has 3 aromatic carbocycles. The van der Waals surface area contributed by atoms with E-state index in [1.54, 1.807) is 36.4 Å². The van der Waals surface area contributed by atoms with Gasteiger partial charge in [0.1, 0.15) is 29.6 Å². The molecule has 170 valence electrons. The lowest BCUT2D eigenvalue weighted by Gasteiger charge is -2.24. The van der Waals surface area contributed by atoms with Gasteiger partial charge in [-0.05, 0) is 48.9 Å². The maximum Gasteiger partial charge on any atom is 0.311 e. The number of carboxylic acid groups (broad SMARTS) is 1. The molecule has 0 radical (unpaired) electrons. The average Bonchev–Trinajstić information content (AvgIpc) is 2.83. The van der Waals surface area contributed by atoms with Gasteiger partial charge in [-0.2, -0.15) is 0 Å². The summed E-state index contributed by atoms with van der Waals surface area (Å²) in [5, 5.41) is 12.5. The highest BCUT2D eigenvalue weighted by Crippen LogP contribution is 2.41. The predicted octanol–water partition coefficient (Wildman–Crippen LogP) is 4.89. The number of nitrogens with one attached hydrogen (secondary N) is 1. The quantitative estimate of drug-likeness (QED) is 0.458. The number of carbonyl (C=O) groups excluding carboxylic acids is 1. The number of hydrogen-bond acceptors (Lipinski definition) is 5. The molecular formula is C25H22ClNO6. The van der Waals surface area contributed by atoms with Crippen LogP contribution in [0.15, 0.2) is 66.7 Å². The number of benzene rings is 3. The van der Waals surface area contributed by atoms with Crippen LogP contribution in [0.5, 0.6) is 23.0 Å². The Morgan fingerprint density at radius 2 is 1.82 bits per heavy atom. The van der Waals surface area contributed by atoms with E-state index in [0.717, 1.165) is 5.75 Å². The summed E-state index contributed by atoms with van der Waals surface area (Å²) in [5.74, 6) is 0.224. The Morgan fingerprint density at radius 3 is 2.55 bits per heavy atom. The van der Waals surface area contributed by atoms with Gasteiger partial charge in [0.05, 0.1) is 24.1 Å². The number of aliphatic carboxylic acids is 1. The molecule has 1 amide bonds. The minimum Gasteiger partial charge on any atom is -0.493 e. The van der Waals surface area contributed by atoms with Crippen LogP contribution in [0.25, 0.3) is 0 Å². The zero-order chi connectivity index (χ0) is 23.2. The first-order chi connectivity index (χ1) is 16.0. The fourth-order valence-electron chi connectivity index (χ4n) is 3.48. The zero-order valence-electron chi connectivity index (χ0n) is 17.6. The van der Waals surface area contributed by atoms with E-state index in [1.165, 1.54) is 0 Å². The van der Waals surface area contributed by atoms with E-state index in [0.29, 0.717) is 54.6 Å². The minimum absolute atomic E-state index is 0.224. The van der Waals surface area contributed by atoms with Gasteiger partial charge >= 0.3 is 5.97 Å². The molecule has 1 aliphatic rings. The molecular weight excluding hydrogens is 446 g/mol. The maximum absolute atomic E-state index is 12.3. The van der Waals surface area contributed by atoms with Crippen LogP contribution in [0.1, 0.15) is 28.3 Å². The summed E-state index contributed by atoms with van der Waals surface area (Å²) < 4.78 is 17.0. The van der Waals surface area contributed by atoms with Gasteiger partial charge in [0.15, 0.2) is 0 Å². The van der Waals surface area contributed by atoms with Gasteiger partial charge in [-0.15, -0.1) is 0 Å². The highest BCUT2D eigenvalue weighted by Gasteiger charge is 2.29. The summed E-state index contributed by atoms with van der Waals surface area (Å²) in [6, 6.07) is 19.2. The lowest BCUT2D eigenvalue weighted by atomic mass is 9.93. The number of para-hydroxylation sites is 1. The van der Waals surface area contributed by atoms with E-state index < -0.39 is 11.9 Å². The largest absolute Gasteiger partial charge is 0.493 e. The van der Waals surface area contributed by atoms with Crippen molar-refractivity contribution < 1.29 is 28.9 Å². The summed E-state index contributed by atoms with van der Waals surface area (Å²) in [5.41, 5.74) is 1.01. The number of rotatable bonds is 8. The summed E-state index contributed by atoms with van der Waals surface area (Å²) in [4.78, 5) is 23.8. The zero-order valence-corrected chi connectivity index (χ0v) is 18.4. The van der Waals surface area contributed by atoms with Gasteiger partial charge in [-0.3, -0.25) is 9.59 Å². The Labute approximate surface area is 195 Å². The third-order valence-electron chi connectivity index (χ3n) is 5.15. The fraction of sp³-hybridized carbons (Fsp3) is 0.200. The van der Waals surface area contributed by atoms with Crippen molar-refractivity contribution in [3.63, 3.8) is 0 Å². The van der Waals surface area contributed by atoms with Gasteiger partial charge in [0.25, 0.3) is 5.91 Å². The predicted molar refractivity (Wildman–Crippen MR) is 123 cm³/mol. The van der Waals surface area contributed by atoms with E-state index >= 15 is 0 Å². The summed E-state index contributed by atoms with van der Waals surface area (Å²) >= 11 is 6.33. The molecule has 7 nitrogen and oxygen atoms in total. The van der Waals surface area contributed by atoms with Gasteiger partial charge in [-0.1, -0.05) is 29.8 Å². The highest BCUT2D eigenvalue weighted by atomic mass is 35.5. The van der Waals surface area contributed by atoms with Crippen molar-refractivity contribution in [2.24, 2.45) is 0 Å². The van der Waals surface area contributed by atoms with Gasteiger partial charge < -0.3 is 24.6 Å². The van der Waals surface area contributed by atoms with Crippen LogP contribution in [0, 0.1) is 0 Å². The molecule has 2 N–H and O–H groups in total. The van der Waals surface area contributed by atoms with Crippen LogP contribution >= 0.6 is 11.6 Å². The van der Waals surface area contributed by atoms with Gasteiger partial charge in [-0.25, -0.2) is 0 Å². The molecule has 33 heavy (non-hydrogen) atoms. The molecule has 0 spiro atoms. The van der Waals surface area contributed by atoms with Crippen molar-refractivity contribution in [2.75, 3.05) is 19.8 Å². The van der Waals surface area contributed by atoms with Crippen LogP contribution in [-0.2, 0) is 4.79 Å². The Bertz CT molecular complexity index is 1130. The minimum atomic E-state index is -0.912. The standard InChI is InChI=1S/C25H22ClNO6/c26-21-14-20-19(25(29)30)10-12-32-22(20)15-23(21)33-18-8-6-16(7-9-18)24(28)27-11-13-31-17-4-2-1-3-5-17/h1-9,14-15,19H,10-13H2,(H,27,28)(H,29,30)/t19-/m1/s1. The van der Waals surface area contributed by atoms with Crippen molar-refractivity contribution in [3.8, 4) is 23.0 Å². The Hall–Kier alpha value is -3.71. The third kappa shape index (κ3) is 5.56. The lowest BCUT2D eigenvalue weighted by molar-refractivity contribution is -0.139. The second-order valence-corrected chi connectivity index (χ2v) is 7.80. The second kappa shape index (κ2) is 10.3. The van der Waals surface area contributed by atoms with Crippen molar-refractivity contribution in [3.05, 3.63) is 82.9 Å². The van der Waals surface area contributed by atoms with Crippen LogP contribution in [0.3, 0.4) is 0 Å². The number of carbonyl (C=O) groups is 2. The fourth-order valence-corrected chi connectivity index (χ4v) is 3.69. The topological polar surface area (TPSA) is 94.1 Å². The van der Waals surface area contributed by atoms with Crippen LogP contribution in [-0.4, -0.2) is 36.7 Å². The number of hydrogen-bond donors (Lipinski definition) is 2. The molecule has 3 aromatic rings. The third-order valence-corrected chi connectivity index (χ3v) is 5.44. The smallest absolute Gasteiger partial charge is 0.311 e. The molecule has 0 saturated heterocycles. The van der Waals surface area contributed by atoms with Crippen molar-refractivity contribution in [2.45, 2.75) is 12.3 Å². The average molecular weight is 468 g/mol. The Balaban J connectivity index is 1.35. The second-order valence-electron chi connectivity index (χ2n) is 7.39. The summed E-state index contributed by atoms with van der Waals surface area (Å²) in [7, 11) is 0. The molecule has 0 saturated carbocycles. The Morgan fingerprint density at radius 1 is 1.06 bits per heavy atom. The SMILES string of the molecule is O=C(NCCOc1ccccc1)c1ccc(Oc2cc3c(cc2Cl)[C@H](C(=O)O)CCO3)cc1. The molecule has 0 unspecified atom stereocenters. The normalized spacial score (nSPS) is 14.5. The molecule has 0 aliphatic carbocycles. The van der Waals surface area contributed by atoms with E-state index in [4.69, 9.17) is 25.8 Å². The monoisotopic (exact) mass is 467 g/mol. The number of ether oxygens (including phenoxy) is 3. The lowest BCUT2D eigenvalue weighted by Crippen LogP contribution is -2.28. The van der Waals surface area contributed by atoms with Gasteiger partial charge in [0, 0.05) is 17.2 Å². The van der Waals surface area contributed by atoms with Crippen molar-refractivity contribution in [1.82, 2.24) is 5.32 Å². The number of amides is 1. The van der Waals surface area contributed by atoms with E-state index in [9.17, 15) is 14.7 Å². The van der Waals surface area contributed by atoms with E-state index in [1.807, 2.05) is 30.3 Å². The number of halogens is 1. The highest BCUT2D eigenvalue weighted by molar-refractivity contribution is 6.32. The van der Waals surface area contributed by atoms with Gasteiger partial charge in [0.2, 0.25) is 0 Å². The molecule has 1 atom stereocenters. The molecule has 1 heterocycles. The van der Waals surface area contributed by atoms with Crippen LogP contribution < -0.4 is 19.5 Å². The van der Waals surface area contributed by atoms with Crippen molar-refractivity contribution in [1.29, 1.82) is 0 Å². The molecule has 8 heteroatoms. The van der Waals surface area contributed by atoms with E-state index in [-0.39, 0.29) is 10.9 Å². The molecule has 1 aliphatic heterocycles. The number of fused-ring (bicyclic) bond motifs is 1. The van der Waals surface area contributed by atoms with E-state index in [2.05, 4.69) is 5.32 Å². The van der Waals surface area contributed by atoms with Crippen LogP contribution in [0.2, 0.25) is 5.02 Å². The maximum atomic E-state index is 12.3. The first-order valence-corrected chi connectivity index (χ1v) is 10.8. The molecule has 4 rings (SSSR count). The first-order valence-electron chi connectivity index (χ1n) is 10.4. The molecule has 0 fully saturated rings. The van der Waals surface area contributed by atoms with Crippen LogP contribution in [0.4, 0.5) is 0 Å². The molecule has 0 aromatic heterocycles. The van der Waals surface area contributed by atoms with Crippen molar-refractivity contribution >= 4 is 23.5 Å².